The maximum absolute atomic E-state index is 12.9. The molecule has 1 N–H and O–H groups in total. The fourth-order valence-electron chi connectivity index (χ4n) is 3.53. The summed E-state index contributed by atoms with van der Waals surface area (Å²) in [6, 6.07) is 18.0. The second kappa shape index (κ2) is 8.96. The van der Waals surface area contributed by atoms with Gasteiger partial charge in [0.2, 0.25) is 6.79 Å². The van der Waals surface area contributed by atoms with Crippen LogP contribution >= 0.6 is 0 Å². The lowest BCUT2D eigenvalue weighted by Crippen LogP contribution is -2.28. The van der Waals surface area contributed by atoms with E-state index in [2.05, 4.69) is 15.3 Å². The zero-order valence-corrected chi connectivity index (χ0v) is 17.5. The Balaban J connectivity index is 1.27. The van der Waals surface area contributed by atoms with Gasteiger partial charge in [-0.1, -0.05) is 24.3 Å². The van der Waals surface area contributed by atoms with Crippen LogP contribution in [0.5, 0.6) is 11.5 Å². The Morgan fingerprint density at radius 2 is 1.79 bits per heavy atom. The zero-order valence-electron chi connectivity index (χ0n) is 17.5. The number of carbonyl (C=O) groups is 2. The molecule has 8 heteroatoms. The van der Waals surface area contributed by atoms with E-state index in [9.17, 15) is 9.59 Å². The van der Waals surface area contributed by atoms with Gasteiger partial charge < -0.3 is 19.5 Å². The molecule has 1 amide bonds. The number of amides is 1. The molecule has 0 saturated heterocycles. The number of fused-ring (bicyclic) bond motifs is 2. The minimum Gasteiger partial charge on any atom is -0.454 e. The Morgan fingerprint density at radius 1 is 0.970 bits per heavy atom. The Kier molecular flexibility index (Phi) is 5.55. The third-order valence-corrected chi connectivity index (χ3v) is 5.17. The molecule has 0 atom stereocenters. The highest BCUT2D eigenvalue weighted by atomic mass is 16.7. The van der Waals surface area contributed by atoms with Crippen LogP contribution < -0.4 is 14.8 Å². The van der Waals surface area contributed by atoms with Crippen molar-refractivity contribution in [2.75, 3.05) is 13.4 Å². The van der Waals surface area contributed by atoms with Crippen LogP contribution in [0.3, 0.4) is 0 Å². The Morgan fingerprint density at radius 3 is 2.67 bits per heavy atom. The average Bonchev–Trinajstić information content (AvgIpc) is 3.34. The largest absolute Gasteiger partial charge is 0.454 e. The van der Waals surface area contributed by atoms with Gasteiger partial charge in [0.1, 0.15) is 0 Å². The molecular weight excluding hydrogens is 422 g/mol. The second-order valence-corrected chi connectivity index (χ2v) is 7.35. The molecule has 0 saturated carbocycles. The van der Waals surface area contributed by atoms with Gasteiger partial charge in [0.25, 0.3) is 5.91 Å². The number of ether oxygens (including phenoxy) is 3. The molecule has 4 aromatic rings. The summed E-state index contributed by atoms with van der Waals surface area (Å²) in [5.41, 5.74) is 3.30. The maximum Gasteiger partial charge on any atom is 0.339 e. The first kappa shape index (κ1) is 20.4. The molecule has 2 aromatic heterocycles. The number of hydrogen-bond donors (Lipinski definition) is 1. The average molecular weight is 441 g/mol. The number of pyridine rings is 2. The van der Waals surface area contributed by atoms with Crippen LogP contribution in [0.25, 0.3) is 22.2 Å². The summed E-state index contributed by atoms with van der Waals surface area (Å²) >= 11 is 0. The first-order valence-corrected chi connectivity index (χ1v) is 10.3. The number of rotatable bonds is 6. The van der Waals surface area contributed by atoms with Crippen molar-refractivity contribution in [3.63, 3.8) is 0 Å². The van der Waals surface area contributed by atoms with E-state index in [-0.39, 0.29) is 13.3 Å². The SMILES string of the molecule is O=C(COC(=O)c1cc(-c2ccncc2)nc2ccccc12)NCc1ccc2c(c1)OCO2. The number of esters is 1. The summed E-state index contributed by atoms with van der Waals surface area (Å²) in [7, 11) is 0. The van der Waals surface area contributed by atoms with Crippen molar-refractivity contribution in [2.45, 2.75) is 6.54 Å². The molecule has 0 fully saturated rings. The normalized spacial score (nSPS) is 11.9. The molecule has 164 valence electrons. The number of nitrogens with zero attached hydrogens (tertiary/aromatic N) is 2. The van der Waals surface area contributed by atoms with Gasteiger partial charge in [-0.15, -0.1) is 0 Å². The summed E-state index contributed by atoms with van der Waals surface area (Å²) in [6.45, 7) is 0.0652. The van der Waals surface area contributed by atoms with Crippen molar-refractivity contribution >= 4 is 22.8 Å². The third-order valence-electron chi connectivity index (χ3n) is 5.17. The van der Waals surface area contributed by atoms with Crippen molar-refractivity contribution < 1.29 is 23.8 Å². The van der Waals surface area contributed by atoms with E-state index >= 15 is 0 Å². The minimum absolute atomic E-state index is 0.188. The highest BCUT2D eigenvalue weighted by molar-refractivity contribution is 6.05. The van der Waals surface area contributed by atoms with Crippen molar-refractivity contribution in [3.05, 3.63) is 84.2 Å². The molecule has 8 nitrogen and oxygen atoms in total. The van der Waals surface area contributed by atoms with Crippen LogP contribution in [-0.4, -0.2) is 35.2 Å². The first-order chi connectivity index (χ1) is 16.2. The molecule has 0 spiro atoms. The maximum atomic E-state index is 12.9. The lowest BCUT2D eigenvalue weighted by molar-refractivity contribution is -0.124. The number of carbonyl (C=O) groups excluding carboxylic acids is 2. The molecule has 0 radical (unpaired) electrons. The van der Waals surface area contributed by atoms with E-state index in [1.54, 1.807) is 36.7 Å². The molecule has 5 rings (SSSR count). The van der Waals surface area contributed by atoms with E-state index < -0.39 is 18.5 Å². The zero-order chi connectivity index (χ0) is 22.6. The van der Waals surface area contributed by atoms with Gasteiger partial charge in [-0.3, -0.25) is 9.78 Å². The predicted octanol–water partition coefficient (Wildman–Crippen LogP) is 3.50. The molecular formula is C25H19N3O5. The molecule has 33 heavy (non-hydrogen) atoms. The van der Waals surface area contributed by atoms with E-state index in [1.165, 1.54) is 0 Å². The van der Waals surface area contributed by atoms with E-state index in [4.69, 9.17) is 14.2 Å². The van der Waals surface area contributed by atoms with Gasteiger partial charge in [-0.2, -0.15) is 0 Å². The summed E-state index contributed by atoms with van der Waals surface area (Å²) in [6.07, 6.45) is 3.32. The first-order valence-electron chi connectivity index (χ1n) is 10.3. The molecule has 3 heterocycles. The van der Waals surface area contributed by atoms with Crippen LogP contribution in [-0.2, 0) is 16.1 Å². The predicted molar refractivity (Wildman–Crippen MR) is 120 cm³/mol. The van der Waals surface area contributed by atoms with Crippen LogP contribution in [0.4, 0.5) is 0 Å². The van der Waals surface area contributed by atoms with E-state index in [1.807, 2.05) is 36.4 Å². The summed E-state index contributed by atoms with van der Waals surface area (Å²) in [4.78, 5) is 33.8. The molecule has 0 unspecified atom stereocenters. The topological polar surface area (TPSA) is 99.6 Å². The monoisotopic (exact) mass is 441 g/mol. The number of benzene rings is 2. The summed E-state index contributed by atoms with van der Waals surface area (Å²) in [5, 5.41) is 3.39. The molecule has 0 bridgehead atoms. The number of para-hydroxylation sites is 1. The van der Waals surface area contributed by atoms with Gasteiger partial charge in [-0.25, -0.2) is 9.78 Å². The lowest BCUT2D eigenvalue weighted by atomic mass is 10.0. The smallest absolute Gasteiger partial charge is 0.339 e. The van der Waals surface area contributed by atoms with Crippen LogP contribution in [0, 0.1) is 0 Å². The fraction of sp³-hybridized carbons (Fsp3) is 0.120. The Labute approximate surface area is 189 Å². The molecule has 2 aromatic carbocycles. The quantitative estimate of drug-likeness (QED) is 0.457. The van der Waals surface area contributed by atoms with Gasteiger partial charge >= 0.3 is 5.97 Å². The van der Waals surface area contributed by atoms with Gasteiger partial charge in [0.05, 0.1) is 16.8 Å². The Hall–Kier alpha value is -4.46. The third kappa shape index (κ3) is 4.45. The van der Waals surface area contributed by atoms with Gasteiger partial charge in [-0.05, 0) is 42.0 Å². The van der Waals surface area contributed by atoms with Crippen LogP contribution in [0.1, 0.15) is 15.9 Å². The second-order valence-electron chi connectivity index (χ2n) is 7.35. The summed E-state index contributed by atoms with van der Waals surface area (Å²) < 4.78 is 15.9. The highest BCUT2D eigenvalue weighted by Gasteiger charge is 2.17. The number of aromatic nitrogens is 2. The highest BCUT2D eigenvalue weighted by Crippen LogP contribution is 2.32. The summed E-state index contributed by atoms with van der Waals surface area (Å²) in [5.74, 6) is 0.313. The standard InChI is InChI=1S/C25H19N3O5/c29-24(27-13-16-5-6-22-23(11-16)33-15-32-22)14-31-25(30)19-12-21(17-7-9-26-10-8-17)28-20-4-2-1-3-18(19)20/h1-12H,13-15H2,(H,27,29). The van der Waals surface area contributed by atoms with Crippen molar-refractivity contribution in [1.82, 2.24) is 15.3 Å². The number of hydrogen-bond acceptors (Lipinski definition) is 7. The minimum atomic E-state index is -0.595. The van der Waals surface area contributed by atoms with Crippen molar-refractivity contribution in [1.29, 1.82) is 0 Å². The van der Waals surface area contributed by atoms with Crippen LogP contribution in [0.2, 0.25) is 0 Å². The van der Waals surface area contributed by atoms with Crippen LogP contribution in [0.15, 0.2) is 73.1 Å². The number of nitrogens with one attached hydrogen (secondary N) is 1. The Bertz CT molecular complexity index is 1340. The van der Waals surface area contributed by atoms with E-state index in [0.717, 1.165) is 11.1 Å². The van der Waals surface area contributed by atoms with Gasteiger partial charge in [0, 0.05) is 29.9 Å². The molecule has 0 aliphatic carbocycles. The lowest BCUT2D eigenvalue weighted by Gasteiger charge is -2.10. The fourth-order valence-corrected chi connectivity index (χ4v) is 3.53. The van der Waals surface area contributed by atoms with Crippen molar-refractivity contribution in [3.8, 4) is 22.8 Å². The van der Waals surface area contributed by atoms with Gasteiger partial charge in [0.15, 0.2) is 18.1 Å². The van der Waals surface area contributed by atoms with Crippen molar-refractivity contribution in [2.24, 2.45) is 0 Å². The van der Waals surface area contributed by atoms with E-state index in [0.29, 0.717) is 33.7 Å². The molecule has 1 aliphatic rings. The molecule has 1 aliphatic heterocycles.